The van der Waals surface area contributed by atoms with E-state index in [9.17, 15) is 24.6 Å². The van der Waals surface area contributed by atoms with Gasteiger partial charge in [-0.25, -0.2) is 9.59 Å². The molecule has 1 fully saturated rings. The number of rotatable bonds is 8. The number of hydrogen-bond donors (Lipinski definition) is 2. The van der Waals surface area contributed by atoms with E-state index in [-0.39, 0.29) is 41.5 Å². The van der Waals surface area contributed by atoms with E-state index in [4.69, 9.17) is 4.74 Å². The van der Waals surface area contributed by atoms with Crippen molar-refractivity contribution in [3.05, 3.63) is 136 Å². The second-order valence-electron chi connectivity index (χ2n) is 16.2. The Hall–Kier alpha value is -6.44. The molecule has 1 saturated heterocycles. The lowest BCUT2D eigenvalue weighted by Crippen LogP contribution is -2.53. The van der Waals surface area contributed by atoms with Crippen molar-refractivity contribution >= 4 is 29.6 Å². The Bertz CT molecular complexity index is 2450. The number of benzene rings is 4. The number of carbonyl (C=O) groups excluding carboxylic acids is 3. The molecule has 0 radical (unpaired) electrons. The number of aromatic hydroxyl groups is 1. The lowest BCUT2D eigenvalue weighted by atomic mass is 9.89. The van der Waals surface area contributed by atoms with Crippen molar-refractivity contribution in [2.24, 2.45) is 7.05 Å². The first-order valence-corrected chi connectivity index (χ1v) is 20.3. The zero-order valence-electron chi connectivity index (χ0n) is 34.4. The van der Waals surface area contributed by atoms with Crippen LogP contribution < -0.4 is 9.64 Å². The number of anilines is 1. The molecule has 4 aromatic carbocycles. The fourth-order valence-corrected chi connectivity index (χ4v) is 8.60. The fraction of sp³-hybridized carbons (Fsp3) is 0.319. The van der Waals surface area contributed by atoms with Crippen LogP contribution in [0.2, 0.25) is 0 Å². The van der Waals surface area contributed by atoms with Crippen molar-refractivity contribution in [3.63, 3.8) is 0 Å². The minimum absolute atomic E-state index is 0.0788. The molecule has 3 amide bonds. The van der Waals surface area contributed by atoms with Crippen LogP contribution >= 0.6 is 0 Å². The number of phenols is 1. The van der Waals surface area contributed by atoms with E-state index in [0.717, 1.165) is 67.2 Å². The molecule has 0 unspecified atom stereocenters. The van der Waals surface area contributed by atoms with Gasteiger partial charge in [-0.05, 0) is 116 Å². The van der Waals surface area contributed by atoms with Crippen molar-refractivity contribution in [1.82, 2.24) is 24.2 Å². The third-order valence-corrected chi connectivity index (χ3v) is 12.4. The number of likely N-dealkylation sites (N-methyl/N-ethyl adjacent to an activating group) is 1. The van der Waals surface area contributed by atoms with Gasteiger partial charge in [0, 0.05) is 101 Å². The molecule has 5 aromatic rings. The van der Waals surface area contributed by atoms with Gasteiger partial charge < -0.3 is 39.1 Å². The maximum Gasteiger partial charge on any atom is 0.415 e. The highest BCUT2D eigenvalue weighted by Crippen LogP contribution is 2.36. The van der Waals surface area contributed by atoms with E-state index < -0.39 is 12.1 Å². The number of carboxylic acid groups (broad SMARTS) is 1. The third kappa shape index (κ3) is 8.10. The van der Waals surface area contributed by atoms with Crippen molar-refractivity contribution in [2.75, 3.05) is 58.3 Å². The number of nitrogens with zero attached hydrogens (tertiary/aromatic N) is 6. The number of hydrogen-bond acceptors (Lipinski definition) is 8. The van der Waals surface area contributed by atoms with Gasteiger partial charge in [0.05, 0.1) is 11.1 Å². The molecule has 4 heterocycles. The van der Waals surface area contributed by atoms with E-state index >= 15 is 4.79 Å². The van der Waals surface area contributed by atoms with Gasteiger partial charge in [0.15, 0.2) is 0 Å². The Balaban J connectivity index is 1.17. The second-order valence-corrected chi connectivity index (χ2v) is 16.2. The average Bonchev–Trinajstić information content (AvgIpc) is 3.55. The Morgan fingerprint density at radius 2 is 1.48 bits per heavy atom. The number of fused-ring (bicyclic) bond motifs is 2. The van der Waals surface area contributed by atoms with Gasteiger partial charge in [0.25, 0.3) is 11.8 Å². The second kappa shape index (κ2) is 16.7. The summed E-state index contributed by atoms with van der Waals surface area (Å²) in [6.45, 7) is 7.46. The summed E-state index contributed by atoms with van der Waals surface area (Å²) in [5.74, 6) is -1.07. The first-order valence-electron chi connectivity index (χ1n) is 20.3. The molecular formula is C47H50N6O7. The van der Waals surface area contributed by atoms with Crippen LogP contribution in [-0.4, -0.2) is 118 Å². The summed E-state index contributed by atoms with van der Waals surface area (Å²) in [5, 5.41) is 19.1. The highest BCUT2D eigenvalue weighted by Gasteiger charge is 2.35. The quantitative estimate of drug-likeness (QED) is 0.192. The largest absolute Gasteiger partial charge is 0.508 e. The SMILES string of the molecule is Cc1c(C(=O)N(C)c2ccc(O)cc2)cc(-c2cc3c(cc2C(=O)N2Cc4ccccc4C[C@H]2CN2CCN(C)CC2)CN(C(=O)Oc2ccc(C(=O)O)cc2)CC3)n1C. The highest BCUT2D eigenvalue weighted by molar-refractivity contribution is 6.08. The van der Waals surface area contributed by atoms with Gasteiger partial charge >= 0.3 is 12.1 Å². The smallest absolute Gasteiger partial charge is 0.415 e. The molecule has 2 N–H and O–H groups in total. The Kier molecular flexibility index (Phi) is 11.2. The Morgan fingerprint density at radius 1 is 0.783 bits per heavy atom. The number of piperazine rings is 1. The van der Waals surface area contributed by atoms with Crippen LogP contribution in [0, 0.1) is 6.92 Å². The third-order valence-electron chi connectivity index (χ3n) is 12.4. The molecule has 0 aliphatic carbocycles. The normalized spacial score (nSPS) is 16.8. The molecule has 13 heteroatoms. The average molecular weight is 811 g/mol. The summed E-state index contributed by atoms with van der Waals surface area (Å²) in [7, 11) is 5.74. The van der Waals surface area contributed by atoms with Gasteiger partial charge in [-0.1, -0.05) is 24.3 Å². The molecule has 3 aliphatic heterocycles. The minimum atomic E-state index is -1.07. The van der Waals surface area contributed by atoms with Gasteiger partial charge in [0.1, 0.15) is 11.5 Å². The van der Waals surface area contributed by atoms with Gasteiger partial charge in [-0.3, -0.25) is 14.5 Å². The van der Waals surface area contributed by atoms with Crippen LogP contribution in [0.3, 0.4) is 0 Å². The zero-order valence-corrected chi connectivity index (χ0v) is 34.4. The molecule has 8 rings (SSSR count). The van der Waals surface area contributed by atoms with Gasteiger partial charge in [-0.15, -0.1) is 0 Å². The molecule has 13 nitrogen and oxygen atoms in total. The summed E-state index contributed by atoms with van der Waals surface area (Å²) in [6.07, 6.45) is 0.665. The summed E-state index contributed by atoms with van der Waals surface area (Å²) >= 11 is 0. The molecule has 3 aliphatic rings. The minimum Gasteiger partial charge on any atom is -0.508 e. The van der Waals surface area contributed by atoms with Crippen LogP contribution in [-0.2, 0) is 33.0 Å². The highest BCUT2D eigenvalue weighted by atomic mass is 16.6. The topological polar surface area (TPSA) is 139 Å². The van der Waals surface area contributed by atoms with Crippen LogP contribution in [0.15, 0.2) is 91.0 Å². The number of carbonyl (C=O) groups is 4. The van der Waals surface area contributed by atoms with Crippen LogP contribution in [0.5, 0.6) is 11.5 Å². The van der Waals surface area contributed by atoms with Crippen molar-refractivity contribution in [3.8, 4) is 22.8 Å². The monoisotopic (exact) mass is 810 g/mol. The molecule has 60 heavy (non-hydrogen) atoms. The van der Waals surface area contributed by atoms with E-state index in [1.807, 2.05) is 41.6 Å². The van der Waals surface area contributed by atoms with Crippen molar-refractivity contribution in [2.45, 2.75) is 38.9 Å². The maximum atomic E-state index is 15.4. The van der Waals surface area contributed by atoms with Crippen LogP contribution in [0.4, 0.5) is 10.5 Å². The predicted octanol–water partition coefficient (Wildman–Crippen LogP) is 6.05. The molecule has 0 bridgehead atoms. The summed E-state index contributed by atoms with van der Waals surface area (Å²) in [6, 6.07) is 26.3. The molecular weight excluding hydrogens is 761 g/mol. The number of ether oxygens (including phenoxy) is 1. The standard InChI is InChI=1S/C47H50N6O7/c1-30-40(44(55)50(4)36-11-13-38(54)14-12-36)26-43(49(30)3)41-24-33-17-18-52(47(59)60-39-15-9-31(10-16-39)46(57)58)27-35(33)25-42(41)45(56)53-28-34-8-6-5-7-32(34)23-37(53)29-51-21-19-48(2)20-22-51/h5-16,24-26,37,54H,17-23,27-29H2,1-4H3,(H,57,58)/t37-/m0/s1. The molecule has 0 spiro atoms. The number of phenolic OH excluding ortho intramolecular Hbond substituents is 1. The maximum absolute atomic E-state index is 15.4. The fourth-order valence-electron chi connectivity index (χ4n) is 8.60. The summed E-state index contributed by atoms with van der Waals surface area (Å²) < 4.78 is 7.63. The summed E-state index contributed by atoms with van der Waals surface area (Å²) in [4.78, 5) is 64.3. The summed E-state index contributed by atoms with van der Waals surface area (Å²) in [5.41, 5.74) is 8.05. The van der Waals surface area contributed by atoms with Crippen molar-refractivity contribution < 1.29 is 34.1 Å². The number of carboxylic acids is 1. The van der Waals surface area contributed by atoms with E-state index in [0.29, 0.717) is 41.9 Å². The van der Waals surface area contributed by atoms with Crippen LogP contribution in [0.25, 0.3) is 11.3 Å². The van der Waals surface area contributed by atoms with E-state index in [1.54, 1.807) is 41.1 Å². The molecule has 310 valence electrons. The van der Waals surface area contributed by atoms with Crippen LogP contribution in [0.1, 0.15) is 59.0 Å². The number of amides is 3. The lowest BCUT2D eigenvalue weighted by Gasteiger charge is -2.42. The molecule has 1 atom stereocenters. The number of aromatic carboxylic acids is 1. The number of aromatic nitrogens is 1. The van der Waals surface area contributed by atoms with E-state index in [1.165, 1.54) is 29.8 Å². The Labute approximate surface area is 349 Å². The van der Waals surface area contributed by atoms with Crippen molar-refractivity contribution in [1.29, 1.82) is 0 Å². The zero-order chi connectivity index (χ0) is 42.2. The predicted molar refractivity (Wildman–Crippen MR) is 228 cm³/mol. The van der Waals surface area contributed by atoms with Gasteiger partial charge in [-0.2, -0.15) is 0 Å². The van der Waals surface area contributed by atoms with Gasteiger partial charge in [0.2, 0.25) is 0 Å². The first-order chi connectivity index (χ1) is 28.8. The molecule has 0 saturated carbocycles. The molecule has 1 aromatic heterocycles. The first kappa shape index (κ1) is 40.3. The lowest BCUT2D eigenvalue weighted by molar-refractivity contribution is 0.0536. The Morgan fingerprint density at radius 3 is 2.18 bits per heavy atom. The van der Waals surface area contributed by atoms with E-state index in [2.05, 4.69) is 41.1 Å².